The van der Waals surface area contributed by atoms with Gasteiger partial charge in [-0.25, -0.2) is 8.42 Å². The van der Waals surface area contributed by atoms with Crippen molar-refractivity contribution in [2.24, 2.45) is 0 Å². The van der Waals surface area contributed by atoms with E-state index in [-0.39, 0.29) is 12.1 Å². The van der Waals surface area contributed by atoms with Crippen molar-refractivity contribution in [3.05, 3.63) is 28.2 Å². The van der Waals surface area contributed by atoms with Gasteiger partial charge in [0, 0.05) is 29.6 Å². The molecule has 0 amide bonds. The zero-order chi connectivity index (χ0) is 14.2. The summed E-state index contributed by atoms with van der Waals surface area (Å²) in [4.78, 5) is 0.392. The maximum Gasteiger partial charge on any atom is 0.243 e. The zero-order valence-electron chi connectivity index (χ0n) is 11.4. The highest BCUT2D eigenvalue weighted by Crippen LogP contribution is 2.26. The molecule has 0 aliphatic carbocycles. The Balaban J connectivity index is 2.44. The molecule has 1 saturated heterocycles. The fourth-order valence-electron chi connectivity index (χ4n) is 2.30. The Labute approximate surface area is 123 Å². The summed E-state index contributed by atoms with van der Waals surface area (Å²) in [6.07, 6.45) is 0. The standard InChI is InChI=1S/C13H19BrN2O2S/c1-9-4-5-12(14)6-13(9)19(17,18)16-8-10(2)15-7-11(16)3/h4-6,10-11,15H,7-8H2,1-3H3. The molecule has 0 aromatic heterocycles. The minimum absolute atomic E-state index is 0.0282. The molecule has 1 aromatic carbocycles. The highest BCUT2D eigenvalue weighted by molar-refractivity contribution is 9.10. The second kappa shape index (κ2) is 5.52. The van der Waals surface area contributed by atoms with E-state index in [0.29, 0.717) is 18.0 Å². The van der Waals surface area contributed by atoms with Gasteiger partial charge in [-0.2, -0.15) is 4.31 Å². The highest BCUT2D eigenvalue weighted by Gasteiger charge is 2.34. The number of benzene rings is 1. The van der Waals surface area contributed by atoms with Crippen LogP contribution < -0.4 is 5.32 Å². The van der Waals surface area contributed by atoms with Gasteiger partial charge < -0.3 is 5.32 Å². The lowest BCUT2D eigenvalue weighted by Gasteiger charge is -2.36. The van der Waals surface area contributed by atoms with Crippen LogP contribution in [0.2, 0.25) is 0 Å². The predicted octanol–water partition coefficient (Wildman–Crippen LogP) is 2.13. The summed E-state index contributed by atoms with van der Waals surface area (Å²) in [6.45, 7) is 6.96. The Kier molecular flexibility index (Phi) is 4.35. The number of halogens is 1. The molecule has 6 heteroatoms. The molecule has 1 N–H and O–H groups in total. The molecule has 1 aliphatic heterocycles. The molecule has 2 unspecified atom stereocenters. The van der Waals surface area contributed by atoms with Crippen LogP contribution in [0.5, 0.6) is 0 Å². The average Bonchev–Trinajstić information content (AvgIpc) is 2.35. The van der Waals surface area contributed by atoms with Crippen LogP contribution in [-0.2, 0) is 10.0 Å². The Morgan fingerprint density at radius 1 is 1.37 bits per heavy atom. The van der Waals surface area contributed by atoms with Gasteiger partial charge in [-0.05, 0) is 38.5 Å². The molecule has 1 heterocycles. The van der Waals surface area contributed by atoms with Crippen LogP contribution in [0.1, 0.15) is 19.4 Å². The Hall–Kier alpha value is -0.430. The summed E-state index contributed by atoms with van der Waals surface area (Å²) >= 11 is 3.34. The van der Waals surface area contributed by atoms with Crippen molar-refractivity contribution in [3.63, 3.8) is 0 Å². The van der Waals surface area contributed by atoms with Crippen LogP contribution >= 0.6 is 15.9 Å². The van der Waals surface area contributed by atoms with E-state index in [0.717, 1.165) is 10.0 Å². The molecule has 19 heavy (non-hydrogen) atoms. The molecule has 1 fully saturated rings. The van der Waals surface area contributed by atoms with Crippen molar-refractivity contribution < 1.29 is 8.42 Å². The molecule has 4 nitrogen and oxygen atoms in total. The lowest BCUT2D eigenvalue weighted by Crippen LogP contribution is -2.56. The van der Waals surface area contributed by atoms with Gasteiger partial charge in [-0.1, -0.05) is 22.0 Å². The second-order valence-electron chi connectivity index (χ2n) is 5.14. The fourth-order valence-corrected chi connectivity index (χ4v) is 4.79. The zero-order valence-corrected chi connectivity index (χ0v) is 13.8. The SMILES string of the molecule is Cc1ccc(Br)cc1S(=O)(=O)N1CC(C)NCC1C. The number of aryl methyl sites for hydroxylation is 1. The first-order valence-corrected chi connectivity index (χ1v) is 8.57. The molecule has 0 bridgehead atoms. The summed E-state index contributed by atoms with van der Waals surface area (Å²) in [6, 6.07) is 5.52. The molecule has 0 saturated carbocycles. The lowest BCUT2D eigenvalue weighted by molar-refractivity contribution is 0.244. The van der Waals surface area contributed by atoms with Crippen molar-refractivity contribution in [1.82, 2.24) is 9.62 Å². The maximum absolute atomic E-state index is 12.8. The first-order valence-electron chi connectivity index (χ1n) is 6.33. The van der Waals surface area contributed by atoms with Crippen LogP contribution in [0.15, 0.2) is 27.6 Å². The molecule has 2 rings (SSSR count). The summed E-state index contributed by atoms with van der Waals surface area (Å²) in [5, 5.41) is 3.30. The fraction of sp³-hybridized carbons (Fsp3) is 0.538. The first-order chi connectivity index (χ1) is 8.82. The third-order valence-corrected chi connectivity index (χ3v) is 6.06. The number of rotatable bonds is 2. The molecular formula is C13H19BrN2O2S. The Bertz CT molecular complexity index is 574. The van der Waals surface area contributed by atoms with E-state index in [1.165, 1.54) is 0 Å². The van der Waals surface area contributed by atoms with Gasteiger partial charge in [-0.15, -0.1) is 0 Å². The molecule has 0 radical (unpaired) electrons. The van der Waals surface area contributed by atoms with Crippen molar-refractivity contribution in [2.75, 3.05) is 13.1 Å². The van der Waals surface area contributed by atoms with Gasteiger partial charge >= 0.3 is 0 Å². The summed E-state index contributed by atoms with van der Waals surface area (Å²) in [7, 11) is -3.43. The minimum Gasteiger partial charge on any atom is -0.311 e. The monoisotopic (exact) mass is 346 g/mol. The van der Waals surface area contributed by atoms with Gasteiger partial charge in [-0.3, -0.25) is 0 Å². The molecule has 106 valence electrons. The molecule has 1 aliphatic rings. The third-order valence-electron chi connectivity index (χ3n) is 3.44. The van der Waals surface area contributed by atoms with E-state index in [1.807, 2.05) is 32.9 Å². The van der Waals surface area contributed by atoms with Gasteiger partial charge in [0.2, 0.25) is 10.0 Å². The number of nitrogens with zero attached hydrogens (tertiary/aromatic N) is 1. The van der Waals surface area contributed by atoms with Crippen molar-refractivity contribution >= 4 is 26.0 Å². The number of hydrogen-bond donors (Lipinski definition) is 1. The first kappa shape index (κ1) is 15.0. The third kappa shape index (κ3) is 3.02. The van der Waals surface area contributed by atoms with E-state index in [9.17, 15) is 8.42 Å². The predicted molar refractivity (Wildman–Crippen MR) is 79.7 cm³/mol. The topological polar surface area (TPSA) is 49.4 Å². The number of piperazine rings is 1. The Morgan fingerprint density at radius 2 is 2.05 bits per heavy atom. The normalized spacial score (nSPS) is 25.5. The van der Waals surface area contributed by atoms with E-state index in [1.54, 1.807) is 10.4 Å². The molecule has 0 spiro atoms. The molecular weight excluding hydrogens is 328 g/mol. The second-order valence-corrected chi connectivity index (χ2v) is 7.92. The summed E-state index contributed by atoms with van der Waals surface area (Å²) in [5.41, 5.74) is 0.779. The van der Waals surface area contributed by atoms with E-state index >= 15 is 0 Å². The van der Waals surface area contributed by atoms with E-state index in [4.69, 9.17) is 0 Å². The summed E-state index contributed by atoms with van der Waals surface area (Å²) < 4.78 is 28.0. The lowest BCUT2D eigenvalue weighted by atomic mass is 10.2. The summed E-state index contributed by atoms with van der Waals surface area (Å²) in [5.74, 6) is 0. The van der Waals surface area contributed by atoms with Crippen LogP contribution in [0.25, 0.3) is 0 Å². The Morgan fingerprint density at radius 3 is 2.74 bits per heavy atom. The number of hydrogen-bond acceptors (Lipinski definition) is 3. The van der Waals surface area contributed by atoms with Gasteiger partial charge in [0.1, 0.15) is 0 Å². The molecule has 2 atom stereocenters. The van der Waals surface area contributed by atoms with Crippen molar-refractivity contribution in [1.29, 1.82) is 0 Å². The highest BCUT2D eigenvalue weighted by atomic mass is 79.9. The average molecular weight is 347 g/mol. The minimum atomic E-state index is -3.43. The van der Waals surface area contributed by atoms with Crippen LogP contribution in [0, 0.1) is 6.92 Å². The van der Waals surface area contributed by atoms with Gasteiger partial charge in [0.05, 0.1) is 4.90 Å². The number of sulfonamides is 1. The van der Waals surface area contributed by atoms with Crippen LogP contribution in [0.3, 0.4) is 0 Å². The van der Waals surface area contributed by atoms with Crippen LogP contribution in [0.4, 0.5) is 0 Å². The smallest absolute Gasteiger partial charge is 0.243 e. The maximum atomic E-state index is 12.8. The largest absolute Gasteiger partial charge is 0.311 e. The van der Waals surface area contributed by atoms with Gasteiger partial charge in [0.25, 0.3) is 0 Å². The quantitative estimate of drug-likeness (QED) is 0.892. The number of nitrogens with one attached hydrogen (secondary N) is 1. The van der Waals surface area contributed by atoms with Crippen molar-refractivity contribution in [2.45, 2.75) is 37.8 Å². The van der Waals surface area contributed by atoms with Gasteiger partial charge in [0.15, 0.2) is 0 Å². The van der Waals surface area contributed by atoms with E-state index in [2.05, 4.69) is 21.2 Å². The van der Waals surface area contributed by atoms with Crippen molar-refractivity contribution in [3.8, 4) is 0 Å². The van der Waals surface area contributed by atoms with Crippen LogP contribution in [-0.4, -0.2) is 37.9 Å². The molecule has 1 aromatic rings. The van der Waals surface area contributed by atoms with E-state index < -0.39 is 10.0 Å².